The lowest BCUT2D eigenvalue weighted by Crippen LogP contribution is -2.29. The van der Waals surface area contributed by atoms with Crippen molar-refractivity contribution in [3.05, 3.63) is 20.4 Å². The molecule has 0 unspecified atom stereocenters. The molecule has 0 aromatic carbocycles. The molecule has 0 atom stereocenters. The third-order valence-electron chi connectivity index (χ3n) is 4.75. The molecule has 0 N–H and O–H groups in total. The summed E-state index contributed by atoms with van der Waals surface area (Å²) in [5, 5.41) is 0. The molecule has 1 aliphatic carbocycles. The van der Waals surface area contributed by atoms with Crippen LogP contribution in [0.2, 0.25) is 0 Å². The topological polar surface area (TPSA) is 42.4 Å². The third kappa shape index (κ3) is 3.50. The second-order valence-electron chi connectivity index (χ2n) is 6.60. The van der Waals surface area contributed by atoms with Crippen LogP contribution in [0, 0.1) is 10.5 Å². The number of pyridine rings is 1. The zero-order valence-electron chi connectivity index (χ0n) is 13.9. The summed E-state index contributed by atoms with van der Waals surface area (Å²) in [4.78, 5) is 18.9. The van der Waals surface area contributed by atoms with Gasteiger partial charge in [0.2, 0.25) is 5.92 Å². The van der Waals surface area contributed by atoms with Crippen LogP contribution in [0.4, 0.5) is 14.6 Å². The van der Waals surface area contributed by atoms with Gasteiger partial charge in [-0.05, 0) is 54.3 Å². The summed E-state index contributed by atoms with van der Waals surface area (Å²) in [7, 11) is 1.34. The van der Waals surface area contributed by atoms with E-state index in [4.69, 9.17) is 9.72 Å². The van der Waals surface area contributed by atoms with Crippen molar-refractivity contribution in [2.45, 2.75) is 50.9 Å². The molecule has 1 saturated heterocycles. The minimum atomic E-state index is -2.64. The first-order valence-electron chi connectivity index (χ1n) is 8.25. The van der Waals surface area contributed by atoms with E-state index in [-0.39, 0.29) is 19.4 Å². The Kier molecular flexibility index (Phi) is 4.99. The molecule has 7 heteroatoms. The van der Waals surface area contributed by atoms with Crippen molar-refractivity contribution in [2.75, 3.05) is 25.1 Å². The van der Waals surface area contributed by atoms with Gasteiger partial charge in [0.15, 0.2) is 0 Å². The van der Waals surface area contributed by atoms with Crippen LogP contribution in [0.3, 0.4) is 0 Å². The molecule has 2 fully saturated rings. The molecule has 1 aliphatic heterocycles. The van der Waals surface area contributed by atoms with Crippen molar-refractivity contribution in [3.8, 4) is 0 Å². The van der Waals surface area contributed by atoms with E-state index >= 15 is 0 Å². The smallest absolute Gasteiger partial charge is 0.341 e. The standard InChI is InChI=1S/C17H21F2IN2O2/c1-10-12(16(23)24-2)15(21-14(13(10)20)11-4-5-11)22-8-3-6-17(18,19)7-9-22/h11H,3-9H2,1-2H3. The number of carbonyl (C=O) groups is 1. The molecule has 3 rings (SSSR count). The zero-order valence-corrected chi connectivity index (χ0v) is 16.0. The number of methoxy groups -OCH3 is 1. The molecule has 0 amide bonds. The number of aromatic nitrogens is 1. The summed E-state index contributed by atoms with van der Waals surface area (Å²) in [6.45, 7) is 2.57. The summed E-state index contributed by atoms with van der Waals surface area (Å²) in [5.74, 6) is -2.15. The first-order chi connectivity index (χ1) is 11.3. The summed E-state index contributed by atoms with van der Waals surface area (Å²) in [5.41, 5.74) is 2.24. The largest absolute Gasteiger partial charge is 0.465 e. The van der Waals surface area contributed by atoms with Gasteiger partial charge in [0.05, 0.1) is 12.8 Å². The number of halogens is 3. The summed E-state index contributed by atoms with van der Waals surface area (Å²) in [6, 6.07) is 0. The van der Waals surface area contributed by atoms with Crippen molar-refractivity contribution in [3.63, 3.8) is 0 Å². The maximum atomic E-state index is 13.7. The first-order valence-corrected chi connectivity index (χ1v) is 9.33. The fourth-order valence-electron chi connectivity index (χ4n) is 3.17. The van der Waals surface area contributed by atoms with E-state index < -0.39 is 11.9 Å². The number of esters is 1. The number of carbonyl (C=O) groups excluding carboxylic acids is 1. The van der Waals surface area contributed by atoms with E-state index in [0.29, 0.717) is 30.3 Å². The molecule has 0 radical (unpaired) electrons. The van der Waals surface area contributed by atoms with Gasteiger partial charge in [0, 0.05) is 35.4 Å². The predicted molar refractivity (Wildman–Crippen MR) is 96.0 cm³/mol. The van der Waals surface area contributed by atoms with E-state index in [0.717, 1.165) is 27.7 Å². The Labute approximate surface area is 154 Å². The average Bonchev–Trinajstić information content (AvgIpc) is 3.37. The highest BCUT2D eigenvalue weighted by Crippen LogP contribution is 2.44. The van der Waals surface area contributed by atoms with Gasteiger partial charge in [-0.25, -0.2) is 18.6 Å². The molecule has 4 nitrogen and oxygen atoms in total. The van der Waals surface area contributed by atoms with Crippen molar-refractivity contribution < 1.29 is 18.3 Å². The maximum absolute atomic E-state index is 13.7. The van der Waals surface area contributed by atoms with Crippen LogP contribution in [0.25, 0.3) is 0 Å². The Morgan fingerprint density at radius 3 is 2.67 bits per heavy atom. The van der Waals surface area contributed by atoms with Crippen LogP contribution in [-0.4, -0.2) is 37.1 Å². The van der Waals surface area contributed by atoms with E-state index in [2.05, 4.69) is 22.6 Å². The number of ether oxygens (including phenoxy) is 1. The van der Waals surface area contributed by atoms with Crippen LogP contribution >= 0.6 is 22.6 Å². The number of rotatable bonds is 3. The Morgan fingerprint density at radius 1 is 1.33 bits per heavy atom. The van der Waals surface area contributed by atoms with Crippen LogP contribution in [-0.2, 0) is 4.74 Å². The molecular formula is C17H21F2IN2O2. The highest BCUT2D eigenvalue weighted by atomic mass is 127. The highest BCUT2D eigenvalue weighted by molar-refractivity contribution is 14.1. The molecule has 2 aliphatic rings. The normalized spacial score (nSPS) is 20.6. The number of hydrogen-bond acceptors (Lipinski definition) is 4. The van der Waals surface area contributed by atoms with Crippen LogP contribution < -0.4 is 4.90 Å². The Bertz CT molecular complexity index is 662. The summed E-state index contributed by atoms with van der Waals surface area (Å²) in [6.07, 6.45) is 2.25. The minimum absolute atomic E-state index is 0.115. The molecule has 0 spiro atoms. The fraction of sp³-hybridized carbons (Fsp3) is 0.647. The van der Waals surface area contributed by atoms with Gasteiger partial charge in [0.25, 0.3) is 0 Å². The van der Waals surface area contributed by atoms with Gasteiger partial charge in [0.1, 0.15) is 11.4 Å². The lowest BCUT2D eigenvalue weighted by Gasteiger charge is -2.26. The molecule has 24 heavy (non-hydrogen) atoms. The van der Waals surface area contributed by atoms with Gasteiger partial charge in [-0.2, -0.15) is 0 Å². The van der Waals surface area contributed by atoms with Gasteiger partial charge in [-0.1, -0.05) is 0 Å². The number of nitrogens with zero attached hydrogens (tertiary/aromatic N) is 2. The van der Waals surface area contributed by atoms with E-state index in [1.807, 2.05) is 11.8 Å². The van der Waals surface area contributed by atoms with Crippen LogP contribution in [0.15, 0.2) is 0 Å². The maximum Gasteiger partial charge on any atom is 0.341 e. The zero-order chi connectivity index (χ0) is 17.5. The van der Waals surface area contributed by atoms with Crippen LogP contribution in [0.1, 0.15) is 59.6 Å². The van der Waals surface area contributed by atoms with Gasteiger partial charge in [-0.15, -0.1) is 0 Å². The second kappa shape index (κ2) is 6.72. The Balaban J connectivity index is 2.05. The van der Waals surface area contributed by atoms with E-state index in [1.165, 1.54) is 7.11 Å². The van der Waals surface area contributed by atoms with Gasteiger partial charge < -0.3 is 9.64 Å². The average molecular weight is 450 g/mol. The summed E-state index contributed by atoms with van der Waals surface area (Å²) >= 11 is 2.23. The molecule has 0 bridgehead atoms. The SMILES string of the molecule is COC(=O)c1c(N2CCCC(F)(F)CC2)nc(C2CC2)c(I)c1C. The monoisotopic (exact) mass is 450 g/mol. The van der Waals surface area contributed by atoms with Gasteiger partial charge >= 0.3 is 5.97 Å². The lowest BCUT2D eigenvalue weighted by atomic mass is 10.1. The molecule has 132 valence electrons. The van der Waals surface area contributed by atoms with Crippen LogP contribution in [0.5, 0.6) is 0 Å². The number of hydrogen-bond donors (Lipinski definition) is 0. The molecular weight excluding hydrogens is 429 g/mol. The quantitative estimate of drug-likeness (QED) is 0.510. The molecule has 1 aromatic rings. The Morgan fingerprint density at radius 2 is 2.04 bits per heavy atom. The number of alkyl halides is 2. The van der Waals surface area contributed by atoms with Crippen molar-refractivity contribution in [2.24, 2.45) is 0 Å². The second-order valence-corrected chi connectivity index (χ2v) is 7.68. The fourth-order valence-corrected chi connectivity index (χ4v) is 4.00. The predicted octanol–water partition coefficient (Wildman–Crippen LogP) is 4.28. The molecule has 1 aromatic heterocycles. The Hall–Kier alpha value is -0.990. The lowest BCUT2D eigenvalue weighted by molar-refractivity contribution is -0.0102. The molecule has 1 saturated carbocycles. The van der Waals surface area contributed by atoms with E-state index in [1.54, 1.807) is 0 Å². The van der Waals surface area contributed by atoms with Crippen molar-refractivity contribution in [1.29, 1.82) is 0 Å². The minimum Gasteiger partial charge on any atom is -0.465 e. The van der Waals surface area contributed by atoms with Crippen molar-refractivity contribution >= 4 is 34.4 Å². The van der Waals surface area contributed by atoms with Gasteiger partial charge in [-0.3, -0.25) is 0 Å². The third-order valence-corrected chi connectivity index (χ3v) is 6.11. The van der Waals surface area contributed by atoms with E-state index in [9.17, 15) is 13.6 Å². The number of anilines is 1. The molecule has 2 heterocycles. The first kappa shape index (κ1) is 17.8. The highest BCUT2D eigenvalue weighted by Gasteiger charge is 2.36. The van der Waals surface area contributed by atoms with Crippen molar-refractivity contribution in [1.82, 2.24) is 4.98 Å². The summed E-state index contributed by atoms with van der Waals surface area (Å²) < 4.78 is 33.3.